The van der Waals surface area contributed by atoms with Crippen LogP contribution in [0, 0.1) is 17.8 Å². The Bertz CT molecular complexity index is 424. The molecule has 1 aliphatic heterocycles. The number of aliphatic hydroxyl groups excluding tert-OH is 1. The van der Waals surface area contributed by atoms with Crippen molar-refractivity contribution in [3.8, 4) is 0 Å². The summed E-state index contributed by atoms with van der Waals surface area (Å²) in [4.78, 5) is 14.8. The number of carbonyl (C=O) groups is 1. The van der Waals surface area contributed by atoms with Gasteiger partial charge in [-0.2, -0.15) is 0 Å². The maximum atomic E-state index is 11.7. The highest BCUT2D eigenvalue weighted by Gasteiger charge is 2.32. The molecule has 0 radical (unpaired) electrons. The lowest BCUT2D eigenvalue weighted by Gasteiger charge is -2.38. The van der Waals surface area contributed by atoms with E-state index >= 15 is 0 Å². The number of aliphatic hydroxyl groups is 1. The minimum atomic E-state index is -0.441. The van der Waals surface area contributed by atoms with E-state index in [9.17, 15) is 9.90 Å². The van der Waals surface area contributed by atoms with E-state index in [0.29, 0.717) is 50.6 Å². The van der Waals surface area contributed by atoms with Crippen LogP contribution in [0.5, 0.6) is 0 Å². The zero-order valence-corrected chi connectivity index (χ0v) is 17.1. The Morgan fingerprint density at radius 2 is 1.96 bits per heavy atom. The van der Waals surface area contributed by atoms with Crippen LogP contribution in [0.2, 0.25) is 0 Å². The van der Waals surface area contributed by atoms with Crippen molar-refractivity contribution in [2.75, 3.05) is 45.9 Å². The molecule has 0 unspecified atom stereocenters. The highest BCUT2D eigenvalue weighted by molar-refractivity contribution is 5.67. The predicted molar refractivity (Wildman–Crippen MR) is 101 cm³/mol. The molecule has 1 saturated carbocycles. The molecule has 2 aliphatic rings. The smallest absolute Gasteiger partial charge is 0.410 e. The highest BCUT2D eigenvalue weighted by atomic mass is 16.6. The quantitative estimate of drug-likeness (QED) is 0.705. The zero-order chi connectivity index (χ0) is 19.1. The van der Waals surface area contributed by atoms with Crippen LogP contribution < -0.4 is 4.90 Å². The van der Waals surface area contributed by atoms with E-state index in [2.05, 4.69) is 20.8 Å². The summed E-state index contributed by atoms with van der Waals surface area (Å²) in [6, 6.07) is 0. The van der Waals surface area contributed by atoms with Gasteiger partial charge in [0.1, 0.15) is 12.6 Å². The molecular formula is C20H39N2O4+. The van der Waals surface area contributed by atoms with Gasteiger partial charge < -0.3 is 19.5 Å². The summed E-state index contributed by atoms with van der Waals surface area (Å²) in [6.45, 7) is 13.3. The maximum Gasteiger partial charge on any atom is 0.410 e. The molecule has 2 fully saturated rings. The van der Waals surface area contributed by atoms with Gasteiger partial charge in [0.15, 0.2) is 0 Å². The summed E-state index contributed by atoms with van der Waals surface area (Å²) >= 11 is 0. The molecule has 6 heteroatoms. The molecule has 26 heavy (non-hydrogen) atoms. The van der Waals surface area contributed by atoms with Crippen molar-refractivity contribution >= 4 is 6.09 Å². The van der Waals surface area contributed by atoms with E-state index in [0.717, 1.165) is 19.5 Å². The minimum Gasteiger partial charge on any atom is -0.450 e. The summed E-state index contributed by atoms with van der Waals surface area (Å²) in [5.74, 6) is 1.96. The van der Waals surface area contributed by atoms with Gasteiger partial charge >= 0.3 is 6.09 Å². The number of nitrogens with zero attached hydrogens (tertiary/aromatic N) is 1. The second-order valence-corrected chi connectivity index (χ2v) is 8.49. The molecule has 0 aromatic carbocycles. The van der Waals surface area contributed by atoms with E-state index in [1.54, 1.807) is 4.90 Å². The Morgan fingerprint density at radius 3 is 2.58 bits per heavy atom. The standard InChI is InChI=1S/C20H38N2O4/c1-5-25-20(24)22-10-8-21(9-11-22)13-17(23)14-26-19-12-16(4)6-7-18(19)15(2)3/h15-19,23H,5-14H2,1-4H3/p+1/t16-,17-,18-,19+/m1/s1. The first-order valence-electron chi connectivity index (χ1n) is 10.5. The summed E-state index contributed by atoms with van der Waals surface area (Å²) in [5, 5.41) is 10.4. The van der Waals surface area contributed by atoms with Crippen molar-refractivity contribution in [2.24, 2.45) is 17.8 Å². The van der Waals surface area contributed by atoms with E-state index < -0.39 is 6.10 Å². The van der Waals surface area contributed by atoms with Gasteiger partial charge in [0, 0.05) is 0 Å². The van der Waals surface area contributed by atoms with Crippen LogP contribution in [-0.2, 0) is 9.47 Å². The van der Waals surface area contributed by atoms with Gasteiger partial charge in [-0.05, 0) is 37.5 Å². The molecule has 1 amide bonds. The van der Waals surface area contributed by atoms with Crippen molar-refractivity contribution in [2.45, 2.75) is 59.2 Å². The molecule has 0 spiro atoms. The molecule has 2 N–H and O–H groups in total. The number of rotatable bonds is 7. The van der Waals surface area contributed by atoms with Crippen molar-refractivity contribution in [1.82, 2.24) is 4.90 Å². The van der Waals surface area contributed by atoms with Crippen LogP contribution in [0.25, 0.3) is 0 Å². The first kappa shape index (κ1) is 21.5. The van der Waals surface area contributed by atoms with Gasteiger partial charge in [-0.15, -0.1) is 0 Å². The van der Waals surface area contributed by atoms with E-state index in [-0.39, 0.29) is 12.2 Å². The van der Waals surface area contributed by atoms with Crippen LogP contribution in [0.3, 0.4) is 0 Å². The fraction of sp³-hybridized carbons (Fsp3) is 0.950. The lowest BCUT2D eigenvalue weighted by molar-refractivity contribution is -0.907. The average Bonchev–Trinajstić information content (AvgIpc) is 2.60. The Hall–Kier alpha value is -0.850. The predicted octanol–water partition coefficient (Wildman–Crippen LogP) is 1.18. The number of carbonyl (C=O) groups excluding carboxylic acids is 1. The fourth-order valence-electron chi connectivity index (χ4n) is 4.36. The van der Waals surface area contributed by atoms with E-state index in [1.165, 1.54) is 17.7 Å². The third-order valence-electron chi connectivity index (χ3n) is 5.98. The van der Waals surface area contributed by atoms with E-state index in [1.807, 2.05) is 6.92 Å². The number of amides is 1. The summed E-state index contributed by atoms with van der Waals surface area (Å²) in [7, 11) is 0. The van der Waals surface area contributed by atoms with Gasteiger partial charge in [-0.25, -0.2) is 4.79 Å². The van der Waals surface area contributed by atoms with E-state index in [4.69, 9.17) is 9.47 Å². The normalized spacial score (nSPS) is 29.0. The van der Waals surface area contributed by atoms with Crippen LogP contribution in [0.1, 0.15) is 47.0 Å². The van der Waals surface area contributed by atoms with Crippen LogP contribution in [0.15, 0.2) is 0 Å². The molecular weight excluding hydrogens is 332 g/mol. The van der Waals surface area contributed by atoms with Crippen molar-refractivity contribution < 1.29 is 24.3 Å². The first-order valence-corrected chi connectivity index (χ1v) is 10.5. The number of ether oxygens (including phenoxy) is 2. The summed E-state index contributed by atoms with van der Waals surface area (Å²) in [5.41, 5.74) is 0. The first-order chi connectivity index (χ1) is 12.4. The maximum absolute atomic E-state index is 11.7. The molecule has 0 bridgehead atoms. The Morgan fingerprint density at radius 1 is 1.27 bits per heavy atom. The second kappa shape index (κ2) is 10.5. The largest absolute Gasteiger partial charge is 0.450 e. The number of nitrogens with one attached hydrogen (secondary N) is 1. The molecule has 0 aromatic rings. The molecule has 4 atom stereocenters. The monoisotopic (exact) mass is 371 g/mol. The van der Waals surface area contributed by atoms with Crippen molar-refractivity contribution in [3.63, 3.8) is 0 Å². The van der Waals surface area contributed by atoms with Crippen LogP contribution >= 0.6 is 0 Å². The minimum absolute atomic E-state index is 0.221. The third-order valence-corrected chi connectivity index (χ3v) is 5.98. The third kappa shape index (κ3) is 6.39. The van der Waals surface area contributed by atoms with Gasteiger partial charge in [0.05, 0.1) is 45.5 Å². The number of quaternary nitrogens is 1. The Kier molecular flexibility index (Phi) is 8.64. The lowest BCUT2D eigenvalue weighted by Crippen LogP contribution is -3.15. The lowest BCUT2D eigenvalue weighted by atomic mass is 9.75. The van der Waals surface area contributed by atoms with Gasteiger partial charge in [0.25, 0.3) is 0 Å². The fourth-order valence-corrected chi connectivity index (χ4v) is 4.36. The molecule has 2 rings (SSSR count). The number of hydrogen-bond donors (Lipinski definition) is 2. The second-order valence-electron chi connectivity index (χ2n) is 8.49. The van der Waals surface area contributed by atoms with Crippen molar-refractivity contribution in [3.05, 3.63) is 0 Å². The van der Waals surface area contributed by atoms with Gasteiger partial charge in [0.2, 0.25) is 0 Å². The molecule has 1 saturated heterocycles. The van der Waals surface area contributed by atoms with Gasteiger partial charge in [-0.3, -0.25) is 4.90 Å². The van der Waals surface area contributed by atoms with Gasteiger partial charge in [-0.1, -0.05) is 27.2 Å². The number of hydrogen-bond acceptors (Lipinski definition) is 4. The highest BCUT2D eigenvalue weighted by Crippen LogP contribution is 2.35. The molecule has 6 nitrogen and oxygen atoms in total. The SMILES string of the molecule is CCOC(=O)N1CC[NH+](C[C@@H](O)CO[C@H]2C[C@H](C)CC[C@@H]2C(C)C)CC1. The molecule has 1 heterocycles. The topological polar surface area (TPSA) is 63.4 Å². The zero-order valence-electron chi connectivity index (χ0n) is 17.1. The summed E-state index contributed by atoms with van der Waals surface area (Å²) in [6.07, 6.45) is 3.26. The van der Waals surface area contributed by atoms with Crippen molar-refractivity contribution in [1.29, 1.82) is 0 Å². The summed E-state index contributed by atoms with van der Waals surface area (Å²) < 4.78 is 11.2. The molecule has 0 aromatic heterocycles. The molecule has 1 aliphatic carbocycles. The number of piperazine rings is 1. The van der Waals surface area contributed by atoms with Crippen LogP contribution in [-0.4, -0.2) is 74.2 Å². The molecule has 152 valence electrons. The average molecular weight is 372 g/mol. The Balaban J connectivity index is 1.70. The Labute approximate surface area is 158 Å². The van der Waals surface area contributed by atoms with Crippen LogP contribution in [0.4, 0.5) is 4.79 Å².